The van der Waals surface area contributed by atoms with Gasteiger partial charge in [-0.3, -0.25) is 4.79 Å². The first kappa shape index (κ1) is 17.3. The maximum absolute atomic E-state index is 12.2. The van der Waals surface area contributed by atoms with Crippen LogP contribution < -0.4 is 19.5 Å². The summed E-state index contributed by atoms with van der Waals surface area (Å²) in [6, 6.07) is 4.42. The Morgan fingerprint density at radius 3 is 2.52 bits per heavy atom. The lowest BCUT2D eigenvalue weighted by molar-refractivity contribution is -0.119. The summed E-state index contributed by atoms with van der Waals surface area (Å²) in [5, 5.41) is 2.59. The SMILES string of the molecule is CCCNC(=O)CNS(=O)(=O)c1cc(OC)ccc1OC. The second-order valence-electron chi connectivity index (χ2n) is 4.19. The molecule has 0 aliphatic heterocycles. The second kappa shape index (κ2) is 7.84. The van der Waals surface area contributed by atoms with Crippen molar-refractivity contribution in [1.82, 2.24) is 10.0 Å². The van der Waals surface area contributed by atoms with Gasteiger partial charge in [-0.2, -0.15) is 0 Å². The zero-order chi connectivity index (χ0) is 15.9. The average molecular weight is 316 g/mol. The first-order valence-corrected chi connectivity index (χ1v) is 7.91. The second-order valence-corrected chi connectivity index (χ2v) is 5.93. The van der Waals surface area contributed by atoms with Gasteiger partial charge in [0.2, 0.25) is 15.9 Å². The van der Waals surface area contributed by atoms with Crippen molar-refractivity contribution in [3.8, 4) is 11.5 Å². The molecule has 0 aromatic heterocycles. The number of amides is 1. The summed E-state index contributed by atoms with van der Waals surface area (Å²) in [5.74, 6) is 0.172. The van der Waals surface area contributed by atoms with Gasteiger partial charge in [-0.1, -0.05) is 6.92 Å². The number of hydrogen-bond acceptors (Lipinski definition) is 5. The van der Waals surface area contributed by atoms with Crippen molar-refractivity contribution < 1.29 is 22.7 Å². The first-order chi connectivity index (χ1) is 9.94. The molecular formula is C13H20N2O5S. The minimum atomic E-state index is -3.87. The van der Waals surface area contributed by atoms with Crippen LogP contribution in [-0.4, -0.2) is 41.6 Å². The van der Waals surface area contributed by atoms with Crippen molar-refractivity contribution in [2.45, 2.75) is 18.2 Å². The molecule has 0 saturated heterocycles. The van der Waals surface area contributed by atoms with Gasteiger partial charge < -0.3 is 14.8 Å². The number of methoxy groups -OCH3 is 2. The third-order valence-corrected chi connectivity index (χ3v) is 4.08. The van der Waals surface area contributed by atoms with Crippen molar-refractivity contribution >= 4 is 15.9 Å². The van der Waals surface area contributed by atoms with Crippen molar-refractivity contribution in [2.24, 2.45) is 0 Å². The highest BCUT2D eigenvalue weighted by Crippen LogP contribution is 2.27. The lowest BCUT2D eigenvalue weighted by Gasteiger charge is -2.12. The number of sulfonamides is 1. The molecule has 0 spiro atoms. The van der Waals surface area contributed by atoms with Crippen LogP contribution in [0.15, 0.2) is 23.1 Å². The molecule has 1 amide bonds. The fourth-order valence-electron chi connectivity index (χ4n) is 1.56. The van der Waals surface area contributed by atoms with Crippen LogP contribution in [0.4, 0.5) is 0 Å². The molecule has 8 heteroatoms. The van der Waals surface area contributed by atoms with E-state index in [0.717, 1.165) is 6.42 Å². The van der Waals surface area contributed by atoms with Crippen LogP contribution in [0.5, 0.6) is 11.5 Å². The fourth-order valence-corrected chi connectivity index (χ4v) is 2.72. The lowest BCUT2D eigenvalue weighted by Crippen LogP contribution is -2.37. The van der Waals surface area contributed by atoms with Gasteiger partial charge in [0, 0.05) is 12.6 Å². The van der Waals surface area contributed by atoms with E-state index in [1.807, 2.05) is 6.92 Å². The molecule has 118 valence electrons. The van der Waals surface area contributed by atoms with Gasteiger partial charge in [-0.15, -0.1) is 0 Å². The van der Waals surface area contributed by atoms with Gasteiger partial charge in [0.15, 0.2) is 0 Å². The topological polar surface area (TPSA) is 93.7 Å². The van der Waals surface area contributed by atoms with E-state index < -0.39 is 10.0 Å². The van der Waals surface area contributed by atoms with Crippen molar-refractivity contribution in [2.75, 3.05) is 27.3 Å². The smallest absolute Gasteiger partial charge is 0.244 e. The van der Waals surface area contributed by atoms with Gasteiger partial charge >= 0.3 is 0 Å². The Hall–Kier alpha value is -1.80. The monoisotopic (exact) mass is 316 g/mol. The summed E-state index contributed by atoms with van der Waals surface area (Å²) in [6.45, 7) is 2.08. The number of hydrogen-bond donors (Lipinski definition) is 2. The summed E-state index contributed by atoms with van der Waals surface area (Å²) < 4.78 is 36.7. The third-order valence-electron chi connectivity index (χ3n) is 2.66. The van der Waals surface area contributed by atoms with E-state index in [2.05, 4.69) is 10.0 Å². The summed E-state index contributed by atoms with van der Waals surface area (Å²) >= 11 is 0. The maximum Gasteiger partial charge on any atom is 0.244 e. The normalized spacial score (nSPS) is 11.0. The van der Waals surface area contributed by atoms with E-state index in [-0.39, 0.29) is 23.1 Å². The van der Waals surface area contributed by atoms with Crippen LogP contribution in [-0.2, 0) is 14.8 Å². The van der Waals surface area contributed by atoms with E-state index in [0.29, 0.717) is 12.3 Å². The molecule has 0 atom stereocenters. The zero-order valence-electron chi connectivity index (χ0n) is 12.3. The highest BCUT2D eigenvalue weighted by atomic mass is 32.2. The lowest BCUT2D eigenvalue weighted by atomic mass is 10.3. The molecule has 0 unspecified atom stereocenters. The van der Waals surface area contributed by atoms with Crippen LogP contribution in [0, 0.1) is 0 Å². The number of carbonyl (C=O) groups excluding carboxylic acids is 1. The van der Waals surface area contributed by atoms with Crippen molar-refractivity contribution in [1.29, 1.82) is 0 Å². The van der Waals surface area contributed by atoms with Crippen LogP contribution in [0.3, 0.4) is 0 Å². The number of carbonyl (C=O) groups is 1. The largest absolute Gasteiger partial charge is 0.497 e. The molecule has 1 aromatic carbocycles. The standard InChI is InChI=1S/C13H20N2O5S/c1-4-7-14-13(16)9-15-21(17,18)12-8-10(19-2)5-6-11(12)20-3/h5-6,8,15H,4,7,9H2,1-3H3,(H,14,16). The van der Waals surface area contributed by atoms with Gasteiger partial charge in [-0.25, -0.2) is 13.1 Å². The number of rotatable bonds is 8. The molecule has 0 bridgehead atoms. The Morgan fingerprint density at radius 1 is 1.24 bits per heavy atom. The molecular weight excluding hydrogens is 296 g/mol. The highest BCUT2D eigenvalue weighted by molar-refractivity contribution is 7.89. The van der Waals surface area contributed by atoms with E-state index >= 15 is 0 Å². The number of nitrogens with one attached hydrogen (secondary N) is 2. The summed E-state index contributed by atoms with van der Waals surface area (Å²) in [6.07, 6.45) is 0.780. The Bertz CT molecular complexity index is 586. The van der Waals surface area contributed by atoms with Gasteiger partial charge in [0.05, 0.1) is 20.8 Å². The van der Waals surface area contributed by atoms with E-state index in [9.17, 15) is 13.2 Å². The minimum absolute atomic E-state index is 0.0763. The molecule has 21 heavy (non-hydrogen) atoms. The average Bonchev–Trinajstić information content (AvgIpc) is 2.50. The summed E-state index contributed by atoms with van der Waals surface area (Å²) in [4.78, 5) is 11.4. The van der Waals surface area contributed by atoms with Crippen LogP contribution in [0.1, 0.15) is 13.3 Å². The molecule has 0 radical (unpaired) electrons. The molecule has 1 rings (SSSR count). The number of benzene rings is 1. The van der Waals surface area contributed by atoms with Crippen LogP contribution in [0.2, 0.25) is 0 Å². The quantitative estimate of drug-likeness (QED) is 0.729. The van der Waals surface area contributed by atoms with Crippen LogP contribution in [0.25, 0.3) is 0 Å². The fraction of sp³-hybridized carbons (Fsp3) is 0.462. The molecule has 0 saturated carbocycles. The van der Waals surface area contributed by atoms with Gasteiger partial charge in [-0.05, 0) is 18.6 Å². The summed E-state index contributed by atoms with van der Waals surface area (Å²) in [5.41, 5.74) is 0. The molecule has 7 nitrogen and oxygen atoms in total. The molecule has 0 aliphatic rings. The third kappa shape index (κ3) is 4.91. The predicted octanol–water partition coefficient (Wildman–Crippen LogP) is 0.508. The molecule has 2 N–H and O–H groups in total. The van der Waals surface area contributed by atoms with E-state index in [4.69, 9.17) is 9.47 Å². The molecule has 1 aromatic rings. The van der Waals surface area contributed by atoms with Gasteiger partial charge in [0.1, 0.15) is 16.4 Å². The van der Waals surface area contributed by atoms with Gasteiger partial charge in [0.25, 0.3) is 0 Å². The Balaban J connectivity index is 2.89. The Kier molecular flexibility index (Phi) is 6.44. The highest BCUT2D eigenvalue weighted by Gasteiger charge is 2.21. The van der Waals surface area contributed by atoms with E-state index in [1.54, 1.807) is 6.07 Å². The first-order valence-electron chi connectivity index (χ1n) is 6.43. The van der Waals surface area contributed by atoms with Crippen LogP contribution >= 0.6 is 0 Å². The Labute approximate surface area is 124 Å². The molecule has 0 aliphatic carbocycles. The maximum atomic E-state index is 12.2. The van der Waals surface area contributed by atoms with Crippen molar-refractivity contribution in [3.63, 3.8) is 0 Å². The predicted molar refractivity (Wildman–Crippen MR) is 78.0 cm³/mol. The number of ether oxygens (including phenoxy) is 2. The van der Waals surface area contributed by atoms with Crippen molar-refractivity contribution in [3.05, 3.63) is 18.2 Å². The molecule has 0 fully saturated rings. The summed E-state index contributed by atoms with van der Waals surface area (Å²) in [7, 11) is -1.07. The minimum Gasteiger partial charge on any atom is -0.497 e. The van der Waals surface area contributed by atoms with E-state index in [1.165, 1.54) is 26.4 Å². The zero-order valence-corrected chi connectivity index (χ0v) is 13.1. The Morgan fingerprint density at radius 2 is 1.95 bits per heavy atom. The molecule has 0 heterocycles.